The maximum absolute atomic E-state index is 13.7. The van der Waals surface area contributed by atoms with Gasteiger partial charge in [-0.3, -0.25) is 4.79 Å². The second-order valence-corrected chi connectivity index (χ2v) is 4.66. The zero-order valence-corrected chi connectivity index (χ0v) is 10.8. The van der Waals surface area contributed by atoms with Crippen LogP contribution in [0.1, 0.15) is 13.3 Å². The van der Waals surface area contributed by atoms with Crippen LogP contribution in [0.25, 0.3) is 0 Å². The minimum absolute atomic E-state index is 0.379. The molecular weight excluding hydrogens is 277 g/mol. The summed E-state index contributed by atoms with van der Waals surface area (Å²) in [5, 5.41) is 39.1. The number of hydrogen-bond acceptors (Lipinski definition) is 6. The molecular formula is C11H18FNO7. The van der Waals surface area contributed by atoms with Gasteiger partial charge in [-0.2, -0.15) is 0 Å². The summed E-state index contributed by atoms with van der Waals surface area (Å²) < 4.78 is 18.6. The van der Waals surface area contributed by atoms with E-state index in [2.05, 4.69) is 5.32 Å². The molecule has 0 saturated carbocycles. The molecule has 0 aromatic heterocycles. The molecule has 1 aliphatic heterocycles. The number of rotatable bonds is 5. The SMILES string of the molecule is CC(=O)N[C@@H]1C[C@@H](F)C(C(=O)O)O[C@H]1[C@H](O)[C@H](O)CO. The quantitative estimate of drug-likeness (QED) is 0.388. The lowest BCUT2D eigenvalue weighted by Gasteiger charge is -2.40. The number of halogens is 1. The Hall–Kier alpha value is -1.29. The van der Waals surface area contributed by atoms with Crippen LogP contribution in [0.2, 0.25) is 0 Å². The molecule has 1 aliphatic rings. The van der Waals surface area contributed by atoms with E-state index in [4.69, 9.17) is 14.9 Å². The minimum atomic E-state index is -1.86. The molecule has 0 bridgehead atoms. The molecule has 1 heterocycles. The highest BCUT2D eigenvalue weighted by molar-refractivity contribution is 5.74. The molecule has 6 atom stereocenters. The number of nitrogens with one attached hydrogen (secondary N) is 1. The highest BCUT2D eigenvalue weighted by Crippen LogP contribution is 2.26. The van der Waals surface area contributed by atoms with E-state index < -0.39 is 55.1 Å². The monoisotopic (exact) mass is 295 g/mol. The average Bonchev–Trinajstić information content (AvgIpc) is 2.36. The highest BCUT2D eigenvalue weighted by atomic mass is 19.1. The molecule has 20 heavy (non-hydrogen) atoms. The number of aliphatic hydroxyl groups is 3. The van der Waals surface area contributed by atoms with Gasteiger partial charge in [-0.15, -0.1) is 0 Å². The van der Waals surface area contributed by atoms with E-state index in [0.29, 0.717) is 0 Å². The average molecular weight is 295 g/mol. The predicted octanol–water partition coefficient (Wildman–Crippen LogP) is -2.21. The van der Waals surface area contributed by atoms with Crippen LogP contribution in [0.3, 0.4) is 0 Å². The van der Waals surface area contributed by atoms with Crippen molar-refractivity contribution in [1.29, 1.82) is 0 Å². The van der Waals surface area contributed by atoms with Crippen molar-refractivity contribution in [3.8, 4) is 0 Å². The number of hydrogen-bond donors (Lipinski definition) is 5. The van der Waals surface area contributed by atoms with Crippen molar-refractivity contribution in [2.45, 2.75) is 50.0 Å². The van der Waals surface area contributed by atoms with Gasteiger partial charge in [-0.25, -0.2) is 9.18 Å². The van der Waals surface area contributed by atoms with Gasteiger partial charge >= 0.3 is 5.97 Å². The number of carbonyl (C=O) groups is 2. The van der Waals surface area contributed by atoms with Gasteiger partial charge in [-0.1, -0.05) is 0 Å². The van der Waals surface area contributed by atoms with Gasteiger partial charge in [0.2, 0.25) is 5.91 Å². The number of carboxylic acid groups (broad SMARTS) is 1. The van der Waals surface area contributed by atoms with E-state index >= 15 is 0 Å². The molecule has 1 fully saturated rings. The fourth-order valence-corrected chi connectivity index (χ4v) is 2.11. The van der Waals surface area contributed by atoms with Crippen LogP contribution in [0, 0.1) is 0 Å². The Morgan fingerprint density at radius 3 is 2.50 bits per heavy atom. The van der Waals surface area contributed by atoms with Gasteiger partial charge in [-0.05, 0) is 0 Å². The first kappa shape index (κ1) is 16.8. The van der Waals surface area contributed by atoms with Gasteiger partial charge in [0.1, 0.15) is 24.5 Å². The Labute approximate surface area is 114 Å². The smallest absolute Gasteiger partial charge is 0.335 e. The van der Waals surface area contributed by atoms with Crippen molar-refractivity contribution in [2.24, 2.45) is 0 Å². The van der Waals surface area contributed by atoms with Crippen molar-refractivity contribution in [3.05, 3.63) is 0 Å². The van der Waals surface area contributed by atoms with E-state index in [1.807, 2.05) is 0 Å². The largest absolute Gasteiger partial charge is 0.479 e. The molecule has 5 N–H and O–H groups in total. The Balaban J connectivity index is 2.91. The first-order valence-electron chi connectivity index (χ1n) is 6.04. The van der Waals surface area contributed by atoms with Crippen molar-refractivity contribution in [3.63, 3.8) is 0 Å². The van der Waals surface area contributed by atoms with Crippen molar-refractivity contribution >= 4 is 11.9 Å². The Bertz CT molecular complexity index is 367. The normalized spacial score (nSPS) is 33.2. The molecule has 0 aliphatic carbocycles. The van der Waals surface area contributed by atoms with Crippen LogP contribution in [-0.2, 0) is 14.3 Å². The summed E-state index contributed by atoms with van der Waals surface area (Å²) in [7, 11) is 0. The number of alkyl halides is 1. The Kier molecular flexibility index (Phi) is 5.81. The fourth-order valence-electron chi connectivity index (χ4n) is 2.11. The van der Waals surface area contributed by atoms with E-state index in [1.165, 1.54) is 6.92 Å². The van der Waals surface area contributed by atoms with Crippen LogP contribution in [0.5, 0.6) is 0 Å². The molecule has 1 unspecified atom stereocenters. The first-order valence-corrected chi connectivity index (χ1v) is 6.04. The first-order chi connectivity index (χ1) is 9.27. The number of ether oxygens (including phenoxy) is 1. The van der Waals surface area contributed by atoms with Gasteiger partial charge in [0.05, 0.1) is 12.6 Å². The fraction of sp³-hybridized carbons (Fsp3) is 0.818. The molecule has 0 spiro atoms. The third-order valence-corrected chi connectivity index (χ3v) is 3.06. The molecule has 0 aromatic rings. The Morgan fingerprint density at radius 2 is 2.05 bits per heavy atom. The van der Waals surface area contributed by atoms with Crippen LogP contribution in [0.4, 0.5) is 4.39 Å². The third-order valence-electron chi connectivity index (χ3n) is 3.06. The van der Waals surface area contributed by atoms with E-state index in [0.717, 1.165) is 0 Å². The lowest BCUT2D eigenvalue weighted by molar-refractivity contribution is -0.193. The number of carbonyl (C=O) groups excluding carboxylic acids is 1. The molecule has 0 aromatic carbocycles. The summed E-state index contributed by atoms with van der Waals surface area (Å²) in [5.41, 5.74) is 0. The van der Waals surface area contributed by atoms with E-state index in [1.54, 1.807) is 0 Å². The lowest BCUT2D eigenvalue weighted by Crippen LogP contribution is -2.61. The number of amides is 1. The highest BCUT2D eigenvalue weighted by Gasteiger charge is 2.46. The summed E-state index contributed by atoms with van der Waals surface area (Å²) in [4.78, 5) is 21.9. The molecule has 1 amide bonds. The molecule has 1 saturated heterocycles. The van der Waals surface area contributed by atoms with Crippen LogP contribution >= 0.6 is 0 Å². The maximum Gasteiger partial charge on any atom is 0.335 e. The van der Waals surface area contributed by atoms with Crippen molar-refractivity contribution in [2.75, 3.05) is 6.61 Å². The summed E-state index contributed by atoms with van der Waals surface area (Å²) >= 11 is 0. The third kappa shape index (κ3) is 3.85. The topological polar surface area (TPSA) is 136 Å². The van der Waals surface area contributed by atoms with Gasteiger partial charge in [0.15, 0.2) is 6.10 Å². The molecule has 8 nitrogen and oxygen atoms in total. The summed E-state index contributed by atoms with van der Waals surface area (Å²) in [5.74, 6) is -2.07. The molecule has 1 rings (SSSR count). The summed E-state index contributed by atoms with van der Waals surface area (Å²) in [6.45, 7) is 0.382. The lowest BCUT2D eigenvalue weighted by atomic mass is 9.91. The van der Waals surface area contributed by atoms with Gasteiger partial charge in [0.25, 0.3) is 0 Å². The zero-order valence-electron chi connectivity index (χ0n) is 10.8. The molecule has 0 radical (unpaired) electrons. The van der Waals surface area contributed by atoms with E-state index in [-0.39, 0.29) is 6.42 Å². The van der Waals surface area contributed by atoms with Gasteiger partial charge < -0.3 is 30.5 Å². The summed E-state index contributed by atoms with van der Waals surface area (Å²) in [6, 6.07) is -1.01. The zero-order chi connectivity index (χ0) is 15.4. The summed E-state index contributed by atoms with van der Waals surface area (Å²) in [6.07, 6.45) is -8.64. The van der Waals surface area contributed by atoms with Crippen LogP contribution in [-0.4, -0.2) is 75.5 Å². The molecule has 116 valence electrons. The van der Waals surface area contributed by atoms with Crippen LogP contribution in [0.15, 0.2) is 0 Å². The van der Waals surface area contributed by atoms with Crippen molar-refractivity contribution in [1.82, 2.24) is 5.32 Å². The second kappa shape index (κ2) is 6.93. The number of carboxylic acids is 1. The molecule has 9 heteroatoms. The number of aliphatic hydroxyl groups excluding tert-OH is 3. The maximum atomic E-state index is 13.7. The minimum Gasteiger partial charge on any atom is -0.479 e. The predicted molar refractivity (Wildman–Crippen MR) is 62.5 cm³/mol. The number of aliphatic carboxylic acids is 1. The standard InChI is InChI=1S/C11H18FNO7/c1-4(15)13-6-2-5(12)9(11(18)19)20-10(6)8(17)7(16)3-14/h5-10,14,16-17H,2-3H2,1H3,(H,13,15)(H,18,19)/t5-,6-,7-,8-,9?,10-/m1/s1. The van der Waals surface area contributed by atoms with E-state index in [9.17, 15) is 24.2 Å². The van der Waals surface area contributed by atoms with Crippen LogP contribution < -0.4 is 5.32 Å². The Morgan fingerprint density at radius 1 is 1.45 bits per heavy atom. The van der Waals surface area contributed by atoms with Gasteiger partial charge in [0, 0.05) is 13.3 Å². The van der Waals surface area contributed by atoms with Crippen molar-refractivity contribution < 1.29 is 39.1 Å². The second-order valence-electron chi connectivity index (χ2n) is 4.66.